The predicted molar refractivity (Wildman–Crippen MR) is 66.3 cm³/mol. The Morgan fingerprint density at radius 2 is 2.35 bits per heavy atom. The average molecular weight is 255 g/mol. The lowest BCUT2D eigenvalue weighted by Crippen LogP contribution is -2.27. The van der Waals surface area contributed by atoms with E-state index in [1.54, 1.807) is 11.4 Å². The maximum Gasteiger partial charge on any atom is 0.336 e. The topological polar surface area (TPSA) is 69.6 Å². The van der Waals surface area contributed by atoms with Crippen molar-refractivity contribution in [1.29, 1.82) is 0 Å². The first kappa shape index (κ1) is 12.5. The highest BCUT2D eigenvalue weighted by molar-refractivity contribution is 7.10. The summed E-state index contributed by atoms with van der Waals surface area (Å²) in [5.41, 5.74) is 0.354. The molecule has 1 saturated carbocycles. The Hall–Kier alpha value is -0.910. The van der Waals surface area contributed by atoms with Gasteiger partial charge in [0.15, 0.2) is 0 Å². The first-order chi connectivity index (χ1) is 8.16. The molecule has 4 nitrogen and oxygen atoms in total. The highest BCUT2D eigenvalue weighted by Gasteiger charge is 2.24. The fourth-order valence-electron chi connectivity index (χ4n) is 2.22. The molecule has 3 N–H and O–H groups in total. The molecular formula is C12H17NO3S. The number of carboxylic acid groups (broad SMARTS) is 1. The molecule has 0 spiro atoms. The van der Waals surface area contributed by atoms with Gasteiger partial charge in [-0.1, -0.05) is 6.42 Å². The molecule has 0 radical (unpaired) electrons. The second-order valence-electron chi connectivity index (χ2n) is 4.50. The summed E-state index contributed by atoms with van der Waals surface area (Å²) in [5, 5.41) is 23.4. The monoisotopic (exact) mass is 255 g/mol. The van der Waals surface area contributed by atoms with E-state index >= 15 is 0 Å². The van der Waals surface area contributed by atoms with Gasteiger partial charge in [-0.05, 0) is 24.8 Å². The van der Waals surface area contributed by atoms with Crippen molar-refractivity contribution >= 4 is 17.3 Å². The minimum absolute atomic E-state index is 0.166. The van der Waals surface area contributed by atoms with Crippen LogP contribution in [0.3, 0.4) is 0 Å². The number of aliphatic hydroxyl groups is 1. The van der Waals surface area contributed by atoms with Gasteiger partial charge in [-0.15, -0.1) is 11.3 Å². The van der Waals surface area contributed by atoms with E-state index in [0.29, 0.717) is 18.0 Å². The van der Waals surface area contributed by atoms with E-state index in [1.807, 2.05) is 0 Å². The molecule has 0 aliphatic heterocycles. The summed E-state index contributed by atoms with van der Waals surface area (Å²) in [6.07, 6.45) is 2.93. The van der Waals surface area contributed by atoms with Crippen LogP contribution < -0.4 is 5.32 Å². The summed E-state index contributed by atoms with van der Waals surface area (Å²) in [4.78, 5) is 11.7. The molecule has 17 heavy (non-hydrogen) atoms. The van der Waals surface area contributed by atoms with Gasteiger partial charge < -0.3 is 15.5 Å². The number of hydrogen-bond donors (Lipinski definition) is 3. The van der Waals surface area contributed by atoms with Gasteiger partial charge in [0, 0.05) is 23.3 Å². The molecule has 5 heteroatoms. The molecule has 1 aromatic heterocycles. The molecule has 1 heterocycles. The second kappa shape index (κ2) is 5.62. The van der Waals surface area contributed by atoms with Crippen LogP contribution in [0.2, 0.25) is 0 Å². The number of aromatic carboxylic acids is 1. The number of thiophene rings is 1. The van der Waals surface area contributed by atoms with E-state index in [1.165, 1.54) is 11.3 Å². The molecule has 1 aliphatic carbocycles. The third kappa shape index (κ3) is 3.28. The van der Waals surface area contributed by atoms with Gasteiger partial charge in [-0.25, -0.2) is 4.79 Å². The van der Waals surface area contributed by atoms with Crippen molar-refractivity contribution in [3.05, 3.63) is 21.9 Å². The quantitative estimate of drug-likeness (QED) is 0.749. The van der Waals surface area contributed by atoms with Crippen LogP contribution in [0.15, 0.2) is 11.4 Å². The maximum atomic E-state index is 10.7. The summed E-state index contributed by atoms with van der Waals surface area (Å²) >= 11 is 1.46. The third-order valence-electron chi connectivity index (χ3n) is 3.23. The Balaban J connectivity index is 1.76. The lowest BCUT2D eigenvalue weighted by Gasteiger charge is -2.14. The van der Waals surface area contributed by atoms with Crippen molar-refractivity contribution in [3.8, 4) is 0 Å². The minimum Gasteiger partial charge on any atom is -0.478 e. The average Bonchev–Trinajstić information content (AvgIpc) is 2.89. The molecule has 0 saturated heterocycles. The van der Waals surface area contributed by atoms with Gasteiger partial charge in [0.1, 0.15) is 0 Å². The molecule has 2 unspecified atom stereocenters. The highest BCUT2D eigenvalue weighted by Crippen LogP contribution is 2.24. The number of carboxylic acids is 1. The molecule has 2 rings (SSSR count). The first-order valence-electron chi connectivity index (χ1n) is 5.86. The summed E-state index contributed by atoms with van der Waals surface area (Å²) in [6.45, 7) is 1.49. The zero-order valence-electron chi connectivity index (χ0n) is 9.56. The zero-order chi connectivity index (χ0) is 12.3. The number of carbonyl (C=O) groups is 1. The molecule has 0 amide bonds. The summed E-state index contributed by atoms with van der Waals surface area (Å²) < 4.78 is 0. The van der Waals surface area contributed by atoms with Crippen molar-refractivity contribution < 1.29 is 15.0 Å². The Morgan fingerprint density at radius 3 is 2.94 bits per heavy atom. The van der Waals surface area contributed by atoms with Crippen LogP contribution in [0.1, 0.15) is 34.5 Å². The van der Waals surface area contributed by atoms with E-state index < -0.39 is 5.97 Å². The number of rotatable bonds is 5. The Morgan fingerprint density at radius 1 is 1.53 bits per heavy atom. The van der Waals surface area contributed by atoms with Crippen LogP contribution in [0, 0.1) is 5.92 Å². The predicted octanol–water partition coefficient (Wildman–Crippen LogP) is 1.70. The molecular weight excluding hydrogens is 238 g/mol. The van der Waals surface area contributed by atoms with Crippen molar-refractivity contribution in [1.82, 2.24) is 5.32 Å². The minimum atomic E-state index is -0.876. The molecule has 94 valence electrons. The molecule has 1 aliphatic rings. The largest absolute Gasteiger partial charge is 0.478 e. The smallest absolute Gasteiger partial charge is 0.336 e. The SMILES string of the molecule is O=C(O)c1csc(CNCC2CCCC2O)c1. The molecule has 0 aromatic carbocycles. The number of aliphatic hydroxyl groups excluding tert-OH is 1. The first-order valence-corrected chi connectivity index (χ1v) is 6.74. The number of hydrogen-bond acceptors (Lipinski definition) is 4. The van der Waals surface area contributed by atoms with E-state index in [-0.39, 0.29) is 6.10 Å². The lowest BCUT2D eigenvalue weighted by molar-refractivity contribution is 0.0697. The highest BCUT2D eigenvalue weighted by atomic mass is 32.1. The Bertz CT molecular complexity index is 391. The molecule has 1 aromatic rings. The lowest BCUT2D eigenvalue weighted by atomic mass is 10.1. The van der Waals surface area contributed by atoms with E-state index in [4.69, 9.17) is 5.11 Å². The van der Waals surface area contributed by atoms with Gasteiger partial charge in [-0.2, -0.15) is 0 Å². The summed E-state index contributed by atoms with van der Waals surface area (Å²) in [5.74, 6) is -0.521. The standard InChI is InChI=1S/C12H17NO3S/c14-11-3-1-2-8(11)5-13-6-10-4-9(7-17-10)12(15)16/h4,7-8,11,13-14H,1-3,5-6H2,(H,15,16). The maximum absolute atomic E-state index is 10.7. The summed E-state index contributed by atoms with van der Waals surface area (Å²) in [6, 6.07) is 1.70. The number of nitrogens with one attached hydrogen (secondary N) is 1. The van der Waals surface area contributed by atoms with Gasteiger partial charge in [0.2, 0.25) is 0 Å². The van der Waals surface area contributed by atoms with Gasteiger partial charge in [-0.3, -0.25) is 0 Å². The van der Waals surface area contributed by atoms with Gasteiger partial charge in [0.25, 0.3) is 0 Å². The van der Waals surface area contributed by atoms with E-state index in [0.717, 1.165) is 30.7 Å². The van der Waals surface area contributed by atoms with Crippen LogP contribution in [-0.2, 0) is 6.54 Å². The van der Waals surface area contributed by atoms with E-state index in [2.05, 4.69) is 5.32 Å². The van der Waals surface area contributed by atoms with Crippen molar-refractivity contribution in [2.45, 2.75) is 31.9 Å². The Kier molecular flexibility index (Phi) is 4.15. The zero-order valence-corrected chi connectivity index (χ0v) is 10.4. The fraction of sp³-hybridized carbons (Fsp3) is 0.583. The summed E-state index contributed by atoms with van der Waals surface area (Å²) in [7, 11) is 0. The Labute approximate surface area is 104 Å². The van der Waals surface area contributed by atoms with Crippen LogP contribution in [0.25, 0.3) is 0 Å². The molecule has 0 bridgehead atoms. The van der Waals surface area contributed by atoms with Crippen LogP contribution in [0.4, 0.5) is 0 Å². The normalized spacial score (nSPS) is 24.1. The van der Waals surface area contributed by atoms with E-state index in [9.17, 15) is 9.90 Å². The van der Waals surface area contributed by atoms with Crippen molar-refractivity contribution in [3.63, 3.8) is 0 Å². The van der Waals surface area contributed by atoms with Crippen molar-refractivity contribution in [2.75, 3.05) is 6.54 Å². The van der Waals surface area contributed by atoms with Crippen LogP contribution in [0.5, 0.6) is 0 Å². The van der Waals surface area contributed by atoms with Gasteiger partial charge in [0.05, 0.1) is 11.7 Å². The molecule has 1 fully saturated rings. The van der Waals surface area contributed by atoms with Crippen LogP contribution >= 0.6 is 11.3 Å². The third-order valence-corrected chi connectivity index (χ3v) is 4.16. The second-order valence-corrected chi connectivity index (χ2v) is 5.49. The van der Waals surface area contributed by atoms with Crippen LogP contribution in [-0.4, -0.2) is 28.8 Å². The fourth-order valence-corrected chi connectivity index (χ4v) is 3.05. The molecule has 2 atom stereocenters. The van der Waals surface area contributed by atoms with Crippen molar-refractivity contribution in [2.24, 2.45) is 5.92 Å². The van der Waals surface area contributed by atoms with Gasteiger partial charge >= 0.3 is 5.97 Å².